The van der Waals surface area contributed by atoms with Gasteiger partial charge in [0.05, 0.1) is 5.56 Å². The number of carbonyl (C=O) groups is 1. The Morgan fingerprint density at radius 2 is 1.81 bits per heavy atom. The Morgan fingerprint density at radius 3 is 2.56 bits per heavy atom. The van der Waals surface area contributed by atoms with Crippen LogP contribution in [0.4, 0.5) is 18.0 Å². The van der Waals surface area contributed by atoms with Gasteiger partial charge in [0.2, 0.25) is 0 Å². The van der Waals surface area contributed by atoms with E-state index in [1.54, 1.807) is 13.1 Å². The van der Waals surface area contributed by atoms with E-state index in [4.69, 9.17) is 9.47 Å². The summed E-state index contributed by atoms with van der Waals surface area (Å²) >= 11 is 0. The zero-order chi connectivity index (χ0) is 19.4. The number of alkyl halides is 3. The second-order valence-electron chi connectivity index (χ2n) is 6.19. The van der Waals surface area contributed by atoms with E-state index in [0.29, 0.717) is 36.8 Å². The number of urea groups is 1. The van der Waals surface area contributed by atoms with Crippen LogP contribution in [0.15, 0.2) is 42.5 Å². The predicted octanol–water partition coefficient (Wildman–Crippen LogP) is 3.82. The number of fused-ring (bicyclic) bond motifs is 1. The van der Waals surface area contributed by atoms with Crippen LogP contribution in [0, 0.1) is 0 Å². The van der Waals surface area contributed by atoms with Gasteiger partial charge in [0.15, 0.2) is 11.5 Å². The number of hydrogen-bond acceptors (Lipinski definition) is 3. The molecule has 0 aliphatic carbocycles. The summed E-state index contributed by atoms with van der Waals surface area (Å²) in [5.74, 6) is 1.30. The minimum Gasteiger partial charge on any atom is -0.486 e. The van der Waals surface area contributed by atoms with Gasteiger partial charge in [-0.3, -0.25) is 0 Å². The lowest BCUT2D eigenvalue weighted by Crippen LogP contribution is -2.36. The second kappa shape index (κ2) is 7.77. The molecule has 8 heteroatoms. The van der Waals surface area contributed by atoms with Gasteiger partial charge in [-0.1, -0.05) is 18.2 Å². The van der Waals surface area contributed by atoms with Crippen LogP contribution >= 0.6 is 0 Å². The van der Waals surface area contributed by atoms with Crippen LogP contribution in [0.3, 0.4) is 0 Å². The van der Waals surface area contributed by atoms with Crippen molar-refractivity contribution in [1.82, 2.24) is 10.2 Å². The van der Waals surface area contributed by atoms with Crippen molar-refractivity contribution in [3.8, 4) is 11.5 Å². The minimum atomic E-state index is -4.41. The average Bonchev–Trinajstić information content (AvgIpc) is 2.65. The van der Waals surface area contributed by atoms with E-state index in [1.807, 2.05) is 12.1 Å². The smallest absolute Gasteiger partial charge is 0.416 e. The standard InChI is InChI=1S/C19H19F3N2O3/c1-24(12-14-5-6-16-17(10-14)27-8-7-26-16)18(25)23-11-13-3-2-4-15(9-13)19(20,21)22/h2-6,9-10H,7-8,11-12H2,1H3,(H,23,25). The Labute approximate surface area is 154 Å². The molecule has 1 aliphatic heterocycles. The lowest BCUT2D eigenvalue weighted by atomic mass is 10.1. The zero-order valence-corrected chi connectivity index (χ0v) is 14.7. The molecule has 0 spiro atoms. The Balaban J connectivity index is 1.57. The Kier molecular flexibility index (Phi) is 5.43. The lowest BCUT2D eigenvalue weighted by Gasteiger charge is -2.21. The van der Waals surface area contributed by atoms with E-state index < -0.39 is 11.7 Å². The van der Waals surface area contributed by atoms with E-state index in [0.717, 1.165) is 17.7 Å². The van der Waals surface area contributed by atoms with Crippen molar-refractivity contribution in [3.63, 3.8) is 0 Å². The molecule has 1 N–H and O–H groups in total. The summed E-state index contributed by atoms with van der Waals surface area (Å²) in [4.78, 5) is 13.7. The maximum Gasteiger partial charge on any atom is 0.416 e. The first-order valence-corrected chi connectivity index (χ1v) is 8.36. The van der Waals surface area contributed by atoms with Gasteiger partial charge in [-0.2, -0.15) is 13.2 Å². The summed E-state index contributed by atoms with van der Waals surface area (Å²) in [5, 5.41) is 2.62. The van der Waals surface area contributed by atoms with Crippen molar-refractivity contribution in [3.05, 3.63) is 59.2 Å². The zero-order valence-electron chi connectivity index (χ0n) is 14.7. The van der Waals surface area contributed by atoms with Gasteiger partial charge in [-0.05, 0) is 35.4 Å². The molecule has 0 fully saturated rings. The number of carbonyl (C=O) groups excluding carboxylic acids is 1. The molecular formula is C19H19F3N2O3. The van der Waals surface area contributed by atoms with Gasteiger partial charge in [-0.25, -0.2) is 4.79 Å². The molecule has 0 radical (unpaired) electrons. The number of benzene rings is 2. The van der Waals surface area contributed by atoms with Crippen molar-refractivity contribution < 1.29 is 27.4 Å². The van der Waals surface area contributed by atoms with Crippen LogP contribution in [0.5, 0.6) is 11.5 Å². The van der Waals surface area contributed by atoms with E-state index in [2.05, 4.69) is 5.32 Å². The Hall–Kier alpha value is -2.90. The van der Waals surface area contributed by atoms with Crippen molar-refractivity contribution in [2.24, 2.45) is 0 Å². The quantitative estimate of drug-likeness (QED) is 0.877. The highest BCUT2D eigenvalue weighted by atomic mass is 19.4. The van der Waals surface area contributed by atoms with E-state index in [1.165, 1.54) is 17.0 Å². The number of halogens is 3. The number of hydrogen-bond donors (Lipinski definition) is 1. The molecule has 27 heavy (non-hydrogen) atoms. The Bertz CT molecular complexity index is 824. The van der Waals surface area contributed by atoms with Gasteiger partial charge < -0.3 is 19.7 Å². The molecule has 2 aromatic rings. The first-order chi connectivity index (χ1) is 12.8. The summed E-state index contributed by atoms with van der Waals surface area (Å²) in [6.45, 7) is 1.31. The van der Waals surface area contributed by atoms with Gasteiger partial charge in [0.25, 0.3) is 0 Å². The fourth-order valence-electron chi connectivity index (χ4n) is 2.70. The number of ether oxygens (including phenoxy) is 2. The third-order valence-corrected chi connectivity index (χ3v) is 4.07. The monoisotopic (exact) mass is 380 g/mol. The van der Waals surface area contributed by atoms with Crippen molar-refractivity contribution in [2.75, 3.05) is 20.3 Å². The molecule has 3 rings (SSSR count). The molecule has 0 aromatic heterocycles. The van der Waals surface area contributed by atoms with Crippen molar-refractivity contribution >= 4 is 6.03 Å². The fraction of sp³-hybridized carbons (Fsp3) is 0.316. The van der Waals surface area contributed by atoms with Gasteiger partial charge in [-0.15, -0.1) is 0 Å². The molecule has 0 saturated heterocycles. The number of amides is 2. The third kappa shape index (κ3) is 4.84. The highest BCUT2D eigenvalue weighted by molar-refractivity contribution is 5.73. The van der Waals surface area contributed by atoms with Crippen molar-refractivity contribution in [2.45, 2.75) is 19.3 Å². The molecule has 1 aliphatic rings. The fourth-order valence-corrected chi connectivity index (χ4v) is 2.70. The summed E-state index contributed by atoms with van der Waals surface area (Å²) in [6.07, 6.45) is -4.41. The first kappa shape index (κ1) is 18.9. The molecule has 5 nitrogen and oxygen atoms in total. The van der Waals surface area contributed by atoms with Gasteiger partial charge in [0, 0.05) is 20.1 Å². The van der Waals surface area contributed by atoms with Gasteiger partial charge >= 0.3 is 12.2 Å². The molecular weight excluding hydrogens is 361 g/mol. The van der Waals surface area contributed by atoms with E-state index >= 15 is 0 Å². The molecule has 2 aromatic carbocycles. The molecule has 144 valence electrons. The third-order valence-electron chi connectivity index (χ3n) is 4.07. The predicted molar refractivity (Wildman–Crippen MR) is 92.6 cm³/mol. The summed E-state index contributed by atoms with van der Waals surface area (Å²) in [6, 6.07) is 9.94. The average molecular weight is 380 g/mol. The maximum absolute atomic E-state index is 12.7. The Morgan fingerprint density at radius 1 is 1.07 bits per heavy atom. The molecule has 1 heterocycles. The lowest BCUT2D eigenvalue weighted by molar-refractivity contribution is -0.137. The normalized spacial score (nSPS) is 13.2. The number of rotatable bonds is 4. The van der Waals surface area contributed by atoms with Crippen LogP contribution in [0.25, 0.3) is 0 Å². The second-order valence-corrected chi connectivity index (χ2v) is 6.19. The minimum absolute atomic E-state index is 0.00817. The van der Waals surface area contributed by atoms with Crippen LogP contribution in [-0.2, 0) is 19.3 Å². The molecule has 0 unspecified atom stereocenters. The first-order valence-electron chi connectivity index (χ1n) is 8.36. The van der Waals surface area contributed by atoms with Crippen LogP contribution in [-0.4, -0.2) is 31.2 Å². The van der Waals surface area contributed by atoms with Crippen LogP contribution in [0.1, 0.15) is 16.7 Å². The molecule has 0 atom stereocenters. The molecule has 2 amide bonds. The maximum atomic E-state index is 12.7. The summed E-state index contributed by atoms with van der Waals surface area (Å²) < 4.78 is 49.2. The summed E-state index contributed by atoms with van der Waals surface area (Å²) in [7, 11) is 1.61. The number of nitrogens with zero attached hydrogens (tertiary/aromatic N) is 1. The molecule has 0 bridgehead atoms. The topological polar surface area (TPSA) is 50.8 Å². The van der Waals surface area contributed by atoms with Gasteiger partial charge in [0.1, 0.15) is 13.2 Å². The molecule has 0 saturated carbocycles. The highest BCUT2D eigenvalue weighted by Gasteiger charge is 2.30. The highest BCUT2D eigenvalue weighted by Crippen LogP contribution is 2.31. The largest absolute Gasteiger partial charge is 0.486 e. The van der Waals surface area contributed by atoms with Crippen LogP contribution in [0.2, 0.25) is 0 Å². The number of nitrogens with one attached hydrogen (secondary N) is 1. The van der Waals surface area contributed by atoms with Crippen LogP contribution < -0.4 is 14.8 Å². The SMILES string of the molecule is CN(Cc1ccc2c(c1)OCCO2)C(=O)NCc1cccc(C(F)(F)F)c1. The van der Waals surface area contributed by atoms with E-state index in [-0.39, 0.29) is 12.6 Å². The summed E-state index contributed by atoms with van der Waals surface area (Å²) in [5.41, 5.74) is 0.501. The van der Waals surface area contributed by atoms with Crippen molar-refractivity contribution in [1.29, 1.82) is 0 Å². The van der Waals surface area contributed by atoms with E-state index in [9.17, 15) is 18.0 Å².